The Morgan fingerprint density at radius 2 is 0.804 bits per heavy atom. The van der Waals surface area contributed by atoms with Gasteiger partial charge in [0.15, 0.2) is 24.0 Å². The number of oxazole rings is 2. The van der Waals surface area contributed by atoms with Crippen LogP contribution in [0.4, 0.5) is 26.3 Å². The molecule has 2 aromatic heterocycles. The van der Waals surface area contributed by atoms with Crippen LogP contribution >= 0.6 is 0 Å². The molecule has 0 aliphatic rings. The Bertz CT molecular complexity index is 1980. The molecule has 0 unspecified atom stereocenters. The molecule has 2 heterocycles. The Kier molecular flexibility index (Phi) is 6.92. The van der Waals surface area contributed by atoms with Crippen molar-refractivity contribution >= 4 is 22.2 Å². The summed E-state index contributed by atoms with van der Waals surface area (Å²) in [6.45, 7) is 0. The van der Waals surface area contributed by atoms with Gasteiger partial charge in [-0.2, -0.15) is 0 Å². The van der Waals surface area contributed by atoms with Crippen molar-refractivity contribution in [1.29, 1.82) is 0 Å². The summed E-state index contributed by atoms with van der Waals surface area (Å²) in [5.74, 6) is -0.702. The molecule has 0 aliphatic heterocycles. The molecule has 6 nitrogen and oxygen atoms in total. The number of benzene rings is 5. The van der Waals surface area contributed by atoms with Crippen LogP contribution in [0.5, 0.6) is 11.5 Å². The highest BCUT2D eigenvalue weighted by Gasteiger charge is 2.32. The second-order valence-electron chi connectivity index (χ2n) is 10.0. The van der Waals surface area contributed by atoms with Crippen LogP contribution in [0.25, 0.3) is 66.7 Å². The van der Waals surface area contributed by atoms with Crippen molar-refractivity contribution in [1.82, 2.24) is 9.97 Å². The lowest BCUT2D eigenvalue weighted by Crippen LogP contribution is -2.16. The van der Waals surface area contributed by atoms with Gasteiger partial charge in [0.1, 0.15) is 22.5 Å². The number of hydrogen-bond acceptors (Lipinski definition) is 6. The first-order valence-electron chi connectivity index (χ1n) is 13.6. The van der Waals surface area contributed by atoms with E-state index in [1.807, 2.05) is 36.4 Å². The summed E-state index contributed by atoms with van der Waals surface area (Å²) in [5, 5.41) is 0. The third kappa shape index (κ3) is 5.49. The van der Waals surface area contributed by atoms with Gasteiger partial charge in [-0.05, 0) is 57.6 Å². The molecule has 46 heavy (non-hydrogen) atoms. The van der Waals surface area contributed by atoms with Gasteiger partial charge in [-0.25, -0.2) is 9.97 Å². The number of hydrogen-bond donors (Lipinski definition) is 0. The first-order valence-corrected chi connectivity index (χ1v) is 13.6. The summed E-state index contributed by atoms with van der Waals surface area (Å²) < 4.78 is 96.4. The molecule has 12 heteroatoms. The number of fused-ring (bicyclic) bond motifs is 2. The maximum absolute atomic E-state index is 12.7. The van der Waals surface area contributed by atoms with Crippen molar-refractivity contribution in [2.24, 2.45) is 0 Å². The van der Waals surface area contributed by atoms with Crippen molar-refractivity contribution < 1.29 is 44.7 Å². The van der Waals surface area contributed by atoms with Crippen LogP contribution in [0.15, 0.2) is 119 Å². The molecule has 7 aromatic rings. The fourth-order valence-corrected chi connectivity index (χ4v) is 5.50. The number of rotatable bonds is 6. The Morgan fingerprint density at radius 1 is 0.457 bits per heavy atom. The van der Waals surface area contributed by atoms with E-state index in [1.54, 1.807) is 12.1 Å². The first-order chi connectivity index (χ1) is 22.1. The van der Waals surface area contributed by atoms with E-state index < -0.39 is 12.7 Å². The molecule has 0 atom stereocenters. The summed E-state index contributed by atoms with van der Waals surface area (Å²) in [7, 11) is 0. The average molecular weight is 633 g/mol. The van der Waals surface area contributed by atoms with E-state index in [4.69, 9.17) is 8.83 Å². The Hall–Kier alpha value is -5.78. The fourth-order valence-electron chi connectivity index (χ4n) is 5.50. The molecule has 0 spiro atoms. The molecular formula is C34H18F6N2O4. The van der Waals surface area contributed by atoms with Gasteiger partial charge in [0, 0.05) is 0 Å². The molecule has 0 radical (unpaired) electrons. The molecular weight excluding hydrogens is 614 g/mol. The number of aromatic nitrogens is 2. The highest BCUT2D eigenvalue weighted by molar-refractivity contribution is 6.18. The van der Waals surface area contributed by atoms with Crippen molar-refractivity contribution in [3.8, 4) is 56.0 Å². The van der Waals surface area contributed by atoms with E-state index in [1.165, 1.54) is 61.3 Å². The van der Waals surface area contributed by atoms with E-state index in [2.05, 4.69) is 19.4 Å². The van der Waals surface area contributed by atoms with Crippen LogP contribution in [0.1, 0.15) is 0 Å². The Morgan fingerprint density at radius 3 is 1.15 bits per heavy atom. The average Bonchev–Trinajstić information content (AvgIpc) is 3.70. The highest BCUT2D eigenvalue weighted by Crippen LogP contribution is 2.47. The highest BCUT2D eigenvalue weighted by atomic mass is 19.4. The zero-order valence-corrected chi connectivity index (χ0v) is 23.2. The molecule has 0 bridgehead atoms. The second-order valence-corrected chi connectivity index (χ2v) is 10.0. The number of alkyl halides is 6. The van der Waals surface area contributed by atoms with Gasteiger partial charge in [-0.3, -0.25) is 0 Å². The summed E-state index contributed by atoms with van der Waals surface area (Å²) in [6, 6.07) is 25.5. The van der Waals surface area contributed by atoms with Gasteiger partial charge in [-0.15, -0.1) is 26.3 Å². The Labute approximate surface area is 255 Å². The fraction of sp³-hybridized carbons (Fsp3) is 0.0588. The zero-order chi connectivity index (χ0) is 32.1. The van der Waals surface area contributed by atoms with Crippen LogP contribution in [-0.2, 0) is 0 Å². The van der Waals surface area contributed by atoms with Gasteiger partial charge in [0.2, 0.25) is 0 Å². The van der Waals surface area contributed by atoms with Crippen molar-refractivity contribution in [2.45, 2.75) is 12.7 Å². The largest absolute Gasteiger partial charge is 0.573 e. The van der Waals surface area contributed by atoms with Crippen LogP contribution in [-0.4, -0.2) is 22.7 Å². The van der Waals surface area contributed by atoms with Gasteiger partial charge < -0.3 is 18.3 Å². The van der Waals surface area contributed by atoms with Crippen molar-refractivity contribution in [2.75, 3.05) is 0 Å². The molecule has 5 aromatic carbocycles. The predicted molar refractivity (Wildman–Crippen MR) is 157 cm³/mol. The molecule has 0 amide bonds. The quantitative estimate of drug-likeness (QED) is 0.170. The van der Waals surface area contributed by atoms with Crippen LogP contribution < -0.4 is 9.47 Å². The third-order valence-electron chi connectivity index (χ3n) is 7.25. The van der Waals surface area contributed by atoms with Gasteiger partial charge in [0.05, 0.1) is 11.1 Å². The maximum atomic E-state index is 12.7. The minimum atomic E-state index is -4.82. The summed E-state index contributed by atoms with van der Waals surface area (Å²) in [6.07, 6.45) is -7.06. The van der Waals surface area contributed by atoms with E-state index in [9.17, 15) is 26.3 Å². The van der Waals surface area contributed by atoms with Gasteiger partial charge in [0.25, 0.3) is 0 Å². The molecule has 0 saturated heterocycles. The summed E-state index contributed by atoms with van der Waals surface area (Å²) >= 11 is 0. The summed E-state index contributed by atoms with van der Waals surface area (Å²) in [4.78, 5) is 9.05. The van der Waals surface area contributed by atoms with Crippen molar-refractivity contribution in [3.63, 3.8) is 0 Å². The molecule has 0 aliphatic carbocycles. The monoisotopic (exact) mass is 632 g/mol. The van der Waals surface area contributed by atoms with E-state index >= 15 is 0 Å². The lowest BCUT2D eigenvalue weighted by molar-refractivity contribution is -0.275. The third-order valence-corrected chi connectivity index (χ3v) is 7.25. The second kappa shape index (κ2) is 11.0. The molecule has 0 saturated carbocycles. The number of halogens is 6. The molecule has 0 N–H and O–H groups in total. The first kappa shape index (κ1) is 29.0. The smallest absolute Gasteiger partial charge is 0.443 e. The summed E-state index contributed by atoms with van der Waals surface area (Å²) in [5.41, 5.74) is 6.64. The van der Waals surface area contributed by atoms with Crippen LogP contribution in [0.2, 0.25) is 0 Å². The molecule has 0 fully saturated rings. The van der Waals surface area contributed by atoms with Crippen molar-refractivity contribution in [3.05, 3.63) is 110 Å². The standard InChI is InChI=1S/C34H18F6N2O4/c35-33(36,37)45-21-13-9-19(10-14-21)23-5-1-3-7-25(23)27-29-32(44-17-41-29)28(30-31(27)43-18-42-30)26-8-4-2-6-24(26)20-11-15-22(16-12-20)46-34(38,39)40/h1-18H. The predicted octanol–water partition coefficient (Wildman–Crippen LogP) is 10.4. The maximum Gasteiger partial charge on any atom is 0.573 e. The normalized spacial score (nSPS) is 12.1. The van der Waals surface area contributed by atoms with E-state index in [-0.39, 0.29) is 11.5 Å². The van der Waals surface area contributed by atoms with E-state index in [0.29, 0.717) is 66.7 Å². The molecule has 230 valence electrons. The Balaban J connectivity index is 1.38. The lowest BCUT2D eigenvalue weighted by Gasteiger charge is -2.15. The topological polar surface area (TPSA) is 70.5 Å². The van der Waals surface area contributed by atoms with Crippen LogP contribution in [0.3, 0.4) is 0 Å². The van der Waals surface area contributed by atoms with E-state index in [0.717, 1.165) is 0 Å². The lowest BCUT2D eigenvalue weighted by atomic mass is 9.89. The zero-order valence-electron chi connectivity index (χ0n) is 23.2. The number of ether oxygens (including phenoxy) is 2. The minimum absolute atomic E-state index is 0.351. The van der Waals surface area contributed by atoms with Crippen LogP contribution in [0, 0.1) is 0 Å². The van der Waals surface area contributed by atoms with Gasteiger partial charge in [-0.1, -0.05) is 72.8 Å². The van der Waals surface area contributed by atoms with Gasteiger partial charge >= 0.3 is 12.7 Å². The number of nitrogens with zero attached hydrogens (tertiary/aromatic N) is 2. The molecule has 7 rings (SSSR count). The SMILES string of the molecule is FC(F)(F)Oc1ccc(-c2ccccc2-c2c3ncoc3c(-c3ccccc3-c3ccc(OC(F)(F)F)cc3)c3ncoc23)cc1. The minimum Gasteiger partial charge on any atom is -0.443 e.